The van der Waals surface area contributed by atoms with Crippen LogP contribution in [-0.2, 0) is 0 Å². The minimum Gasteiger partial charge on any atom is -0.106 e. The van der Waals surface area contributed by atoms with E-state index in [0.717, 1.165) is 0 Å². The summed E-state index contributed by atoms with van der Waals surface area (Å²) >= 11 is 25.3. The van der Waals surface area contributed by atoms with Crippen LogP contribution < -0.4 is 0 Å². The second kappa shape index (κ2) is 6.18. The van der Waals surface area contributed by atoms with Gasteiger partial charge in [0.2, 0.25) is 0 Å². The highest BCUT2D eigenvalue weighted by atomic mass is 35.6. The maximum atomic E-state index is 5.06. The molecular weight excluding hydrogens is 225 g/mol. The second-order valence-electron chi connectivity index (χ2n) is 1.30. The van der Waals surface area contributed by atoms with Gasteiger partial charge in [0, 0.05) is 0 Å². The fourth-order valence-corrected chi connectivity index (χ4v) is 0. The number of halogens is 5. The van der Waals surface area contributed by atoms with Crippen molar-refractivity contribution in [2.45, 2.75) is 22.5 Å². The summed E-state index contributed by atoms with van der Waals surface area (Å²) < 4.78 is -1.08. The third kappa shape index (κ3) is 249. The average Bonchev–Trinajstić information content (AvgIpc) is 1.19. The van der Waals surface area contributed by atoms with Crippen molar-refractivity contribution < 1.29 is 0 Å². The Balaban J connectivity index is 0. The molecule has 9 heavy (non-hydrogen) atoms. The van der Waals surface area contributed by atoms with Gasteiger partial charge < -0.3 is 0 Å². The molecule has 0 radical (unpaired) electrons. The third-order valence-electron chi connectivity index (χ3n) is 0. The summed E-state index contributed by atoms with van der Waals surface area (Å²) in [4.78, 5) is -0.222. The van der Waals surface area contributed by atoms with Gasteiger partial charge in [0.15, 0.2) is 3.79 Å². The Labute approximate surface area is 80.4 Å². The highest BCUT2D eigenvalue weighted by Crippen LogP contribution is 2.23. The van der Waals surface area contributed by atoms with Gasteiger partial charge in [-0.15, -0.1) is 23.2 Å². The van der Waals surface area contributed by atoms with Gasteiger partial charge in [-0.05, 0) is 13.8 Å². The van der Waals surface area contributed by atoms with Crippen molar-refractivity contribution in [2.24, 2.45) is 0 Å². The molecule has 58 valence electrons. The average molecular weight is 232 g/mol. The predicted molar refractivity (Wildman–Crippen MR) is 47.1 cm³/mol. The van der Waals surface area contributed by atoms with E-state index < -0.39 is 3.79 Å². The van der Waals surface area contributed by atoms with E-state index in [1.165, 1.54) is 6.92 Å². The summed E-state index contributed by atoms with van der Waals surface area (Å²) in [6, 6.07) is 0. The Bertz CT molecular complexity index is 45.7. The first-order chi connectivity index (χ1) is 3.73. The molecule has 0 aromatic carbocycles. The van der Waals surface area contributed by atoms with Crippen LogP contribution in [0.25, 0.3) is 0 Å². The van der Waals surface area contributed by atoms with E-state index in [4.69, 9.17) is 58.0 Å². The van der Waals surface area contributed by atoms with Gasteiger partial charge in [0.1, 0.15) is 4.84 Å². The SMILES string of the molecule is CC(Cl)(Cl)Cl.CC(Cl)Cl. The van der Waals surface area contributed by atoms with Crippen molar-refractivity contribution in [3.8, 4) is 0 Å². The number of hydrogen-bond donors (Lipinski definition) is 0. The van der Waals surface area contributed by atoms with Crippen LogP contribution in [-0.4, -0.2) is 8.63 Å². The van der Waals surface area contributed by atoms with Crippen molar-refractivity contribution in [2.75, 3.05) is 0 Å². The largest absolute Gasteiger partial charge is 0.187 e. The molecule has 0 bridgehead atoms. The lowest BCUT2D eigenvalue weighted by atomic mass is 10.9. The predicted octanol–water partition coefficient (Wildman–Crippen LogP) is 4.19. The zero-order valence-electron chi connectivity index (χ0n) is 4.97. The molecule has 0 atom stereocenters. The molecule has 0 N–H and O–H groups in total. The van der Waals surface area contributed by atoms with Gasteiger partial charge in [0.05, 0.1) is 0 Å². The van der Waals surface area contributed by atoms with E-state index in [0.29, 0.717) is 0 Å². The lowest BCUT2D eigenvalue weighted by Gasteiger charge is -1.94. The Hall–Kier alpha value is 1.45. The van der Waals surface area contributed by atoms with Crippen LogP contribution in [0.5, 0.6) is 0 Å². The smallest absolute Gasteiger partial charge is 0.106 e. The molecule has 0 saturated carbocycles. The van der Waals surface area contributed by atoms with Crippen molar-refractivity contribution in [1.82, 2.24) is 0 Å². The quantitative estimate of drug-likeness (QED) is 0.549. The van der Waals surface area contributed by atoms with Crippen LogP contribution >= 0.6 is 58.0 Å². The van der Waals surface area contributed by atoms with Crippen LogP contribution in [0.2, 0.25) is 0 Å². The van der Waals surface area contributed by atoms with Crippen molar-refractivity contribution in [3.05, 3.63) is 0 Å². The van der Waals surface area contributed by atoms with Crippen molar-refractivity contribution in [3.63, 3.8) is 0 Å². The molecule has 0 spiro atoms. The Morgan fingerprint density at radius 3 is 1.11 bits per heavy atom. The summed E-state index contributed by atoms with van der Waals surface area (Å²) in [6.07, 6.45) is 0. The van der Waals surface area contributed by atoms with Crippen LogP contribution in [0.1, 0.15) is 13.8 Å². The lowest BCUT2D eigenvalue weighted by Crippen LogP contribution is -1.87. The molecule has 0 aromatic heterocycles. The van der Waals surface area contributed by atoms with E-state index in [2.05, 4.69) is 0 Å². The van der Waals surface area contributed by atoms with Crippen molar-refractivity contribution >= 4 is 58.0 Å². The summed E-state index contributed by atoms with van der Waals surface area (Å²) in [5.74, 6) is 0. The monoisotopic (exact) mass is 230 g/mol. The van der Waals surface area contributed by atoms with E-state index in [1.807, 2.05) is 0 Å². The van der Waals surface area contributed by atoms with Gasteiger partial charge in [-0.1, -0.05) is 34.8 Å². The van der Waals surface area contributed by atoms with E-state index in [-0.39, 0.29) is 4.84 Å². The minimum absolute atomic E-state index is 0.222. The first kappa shape index (κ1) is 13.1. The molecule has 0 aliphatic carbocycles. The molecule has 0 rings (SSSR count). The molecular formula is C4H7Cl5. The van der Waals surface area contributed by atoms with Gasteiger partial charge in [-0.2, -0.15) is 0 Å². The molecule has 0 saturated heterocycles. The Kier molecular flexibility index (Phi) is 8.97. The first-order valence-electron chi connectivity index (χ1n) is 2.08. The standard InChI is InChI=1S/C2H3Cl3.C2H4Cl2/c1-2(3,4)5;1-2(3)4/h1H3;2H,1H3. The second-order valence-corrected chi connectivity index (χ2v) is 5.68. The summed E-state index contributed by atoms with van der Waals surface area (Å²) in [5.41, 5.74) is 0. The van der Waals surface area contributed by atoms with Crippen LogP contribution in [0.15, 0.2) is 0 Å². The molecule has 0 aliphatic rings. The molecule has 0 heterocycles. The normalized spacial score (nSPS) is 10.7. The molecule has 0 aliphatic heterocycles. The summed E-state index contributed by atoms with van der Waals surface area (Å²) in [7, 11) is 0. The first-order valence-corrected chi connectivity index (χ1v) is 4.09. The molecule has 0 nitrogen and oxygen atoms in total. The fraction of sp³-hybridized carbons (Fsp3) is 1.00. The lowest BCUT2D eigenvalue weighted by molar-refractivity contribution is 1.27. The van der Waals surface area contributed by atoms with Crippen LogP contribution in [0, 0.1) is 0 Å². The number of alkyl halides is 5. The molecule has 0 aromatic rings. The summed E-state index contributed by atoms with van der Waals surface area (Å²) in [5, 5.41) is 0. The van der Waals surface area contributed by atoms with Crippen LogP contribution in [0.3, 0.4) is 0 Å². The van der Waals surface area contributed by atoms with Crippen LogP contribution in [0.4, 0.5) is 0 Å². The molecule has 5 heteroatoms. The fourth-order valence-electron chi connectivity index (χ4n) is 0. The Morgan fingerprint density at radius 2 is 1.11 bits per heavy atom. The third-order valence-corrected chi connectivity index (χ3v) is 0. The maximum Gasteiger partial charge on any atom is 0.187 e. The topological polar surface area (TPSA) is 0 Å². The molecule has 0 fully saturated rings. The Morgan fingerprint density at radius 1 is 1.11 bits per heavy atom. The van der Waals surface area contributed by atoms with Gasteiger partial charge in [0.25, 0.3) is 0 Å². The van der Waals surface area contributed by atoms with Gasteiger partial charge >= 0.3 is 0 Å². The highest BCUT2D eigenvalue weighted by molar-refractivity contribution is 6.67. The summed E-state index contributed by atoms with van der Waals surface area (Å²) in [6.45, 7) is 3.18. The zero-order valence-corrected chi connectivity index (χ0v) is 8.75. The minimum atomic E-state index is -1.08. The zero-order chi connectivity index (χ0) is 8.08. The maximum absolute atomic E-state index is 5.06. The molecule has 0 amide bonds. The van der Waals surface area contributed by atoms with Gasteiger partial charge in [-0.3, -0.25) is 0 Å². The number of hydrogen-bond acceptors (Lipinski definition) is 0. The molecule has 0 unspecified atom stereocenters. The van der Waals surface area contributed by atoms with E-state index in [9.17, 15) is 0 Å². The number of rotatable bonds is 0. The van der Waals surface area contributed by atoms with Gasteiger partial charge in [-0.25, -0.2) is 0 Å². The van der Waals surface area contributed by atoms with Crippen molar-refractivity contribution in [1.29, 1.82) is 0 Å². The highest BCUT2D eigenvalue weighted by Gasteiger charge is 2.07. The van der Waals surface area contributed by atoms with E-state index in [1.54, 1.807) is 6.92 Å². The van der Waals surface area contributed by atoms with E-state index >= 15 is 0 Å².